The Morgan fingerprint density at radius 3 is 2.44 bits per heavy atom. The molecule has 142 valence electrons. The minimum Gasteiger partial charge on any atom is -0.264 e. The third-order valence-electron chi connectivity index (χ3n) is 4.20. The van der Waals surface area contributed by atoms with Gasteiger partial charge in [0.1, 0.15) is 0 Å². The average Bonchev–Trinajstić information content (AvgIpc) is 2.67. The van der Waals surface area contributed by atoms with Crippen LogP contribution in [-0.4, -0.2) is 28.9 Å². The normalized spacial score (nSPS) is 13.6. The van der Waals surface area contributed by atoms with Gasteiger partial charge in [0.05, 0.1) is 9.79 Å². The molecule has 0 aliphatic heterocycles. The van der Waals surface area contributed by atoms with Crippen LogP contribution in [0.5, 0.6) is 0 Å². The van der Waals surface area contributed by atoms with Crippen molar-refractivity contribution in [1.29, 1.82) is 0 Å². The van der Waals surface area contributed by atoms with Crippen molar-refractivity contribution in [1.82, 2.24) is 14.4 Å². The molecular formula is C18H19N3O4S2. The zero-order chi connectivity index (χ0) is 19.7. The zero-order valence-electron chi connectivity index (χ0n) is 14.7. The molecule has 7 nitrogen and oxygen atoms in total. The van der Waals surface area contributed by atoms with Crippen LogP contribution in [0.2, 0.25) is 0 Å². The number of fused-ring (bicyclic) bond motifs is 1. The fraction of sp³-hybridized carbons (Fsp3) is 0.167. The third kappa shape index (κ3) is 4.01. The number of pyridine rings is 1. The van der Waals surface area contributed by atoms with Crippen LogP contribution in [0.25, 0.3) is 10.8 Å². The topological polar surface area (TPSA) is 105 Å². The van der Waals surface area contributed by atoms with Gasteiger partial charge in [-0.25, -0.2) is 26.3 Å². The summed E-state index contributed by atoms with van der Waals surface area (Å²) in [5, 5.41) is 1.29. The van der Waals surface area contributed by atoms with E-state index in [4.69, 9.17) is 0 Å². The van der Waals surface area contributed by atoms with Crippen LogP contribution >= 0.6 is 0 Å². The lowest BCUT2D eigenvalue weighted by atomic mass is 10.1. The molecule has 0 amide bonds. The van der Waals surface area contributed by atoms with Gasteiger partial charge in [-0.15, -0.1) is 0 Å². The van der Waals surface area contributed by atoms with Crippen molar-refractivity contribution in [3.63, 3.8) is 0 Å². The molecule has 0 saturated heterocycles. The molecular weight excluding hydrogens is 386 g/mol. The van der Waals surface area contributed by atoms with Gasteiger partial charge in [0, 0.05) is 23.8 Å². The highest BCUT2D eigenvalue weighted by Gasteiger charge is 2.22. The number of benzene rings is 2. The maximum atomic E-state index is 12.9. The molecule has 27 heavy (non-hydrogen) atoms. The van der Waals surface area contributed by atoms with Crippen molar-refractivity contribution in [3.05, 3.63) is 66.5 Å². The van der Waals surface area contributed by atoms with Crippen molar-refractivity contribution in [3.8, 4) is 0 Å². The first-order valence-corrected chi connectivity index (χ1v) is 11.1. The summed E-state index contributed by atoms with van der Waals surface area (Å²) in [6.45, 7) is 1.66. The lowest BCUT2D eigenvalue weighted by Crippen LogP contribution is -2.27. The highest BCUT2D eigenvalue weighted by atomic mass is 32.2. The molecule has 0 aliphatic carbocycles. The van der Waals surface area contributed by atoms with Crippen LogP contribution in [0.1, 0.15) is 18.5 Å². The molecule has 1 unspecified atom stereocenters. The van der Waals surface area contributed by atoms with E-state index in [1.165, 1.54) is 31.4 Å². The first-order valence-electron chi connectivity index (χ1n) is 8.13. The first-order chi connectivity index (χ1) is 12.7. The van der Waals surface area contributed by atoms with Gasteiger partial charge in [-0.3, -0.25) is 4.98 Å². The molecule has 1 aromatic heterocycles. The number of hydrogen-bond acceptors (Lipinski definition) is 5. The van der Waals surface area contributed by atoms with Crippen LogP contribution in [0, 0.1) is 0 Å². The number of nitrogens with one attached hydrogen (secondary N) is 2. The van der Waals surface area contributed by atoms with Gasteiger partial charge in [0.25, 0.3) is 0 Å². The Kier molecular flexibility index (Phi) is 5.29. The molecule has 2 aromatic carbocycles. The summed E-state index contributed by atoms with van der Waals surface area (Å²) in [5.41, 5.74) is 0.535. The van der Waals surface area contributed by atoms with E-state index in [1.54, 1.807) is 37.4 Å². The SMILES string of the molecule is CNS(=O)(=O)c1cccc(C(C)NS(=O)(=O)c2cccc3ccncc23)c1. The Morgan fingerprint density at radius 2 is 1.70 bits per heavy atom. The van der Waals surface area contributed by atoms with E-state index in [9.17, 15) is 16.8 Å². The number of nitrogens with zero attached hydrogens (tertiary/aromatic N) is 1. The largest absolute Gasteiger partial charge is 0.264 e. The van der Waals surface area contributed by atoms with Crippen molar-refractivity contribution in [2.24, 2.45) is 0 Å². The standard InChI is InChI=1S/C18H19N3O4S2/c1-13(15-6-3-7-16(11-15)26(22,23)19-2)21-27(24,25)18-8-4-5-14-9-10-20-12-17(14)18/h3-13,19,21H,1-2H3. The molecule has 0 radical (unpaired) electrons. The lowest BCUT2D eigenvalue weighted by molar-refractivity contribution is 0.567. The lowest BCUT2D eigenvalue weighted by Gasteiger charge is -2.16. The van der Waals surface area contributed by atoms with Crippen LogP contribution in [0.4, 0.5) is 0 Å². The molecule has 9 heteroatoms. The Labute approximate surface area is 158 Å². The summed E-state index contributed by atoms with van der Waals surface area (Å²) in [7, 11) is -6.14. The van der Waals surface area contributed by atoms with E-state index < -0.39 is 26.1 Å². The van der Waals surface area contributed by atoms with Gasteiger partial charge in [-0.05, 0) is 49.2 Å². The van der Waals surface area contributed by atoms with Crippen molar-refractivity contribution >= 4 is 30.8 Å². The summed E-state index contributed by atoms with van der Waals surface area (Å²) in [6, 6.07) is 12.3. The van der Waals surface area contributed by atoms with Gasteiger partial charge in [-0.1, -0.05) is 24.3 Å². The molecule has 3 aromatic rings. The Bertz CT molecular complexity index is 1190. The van der Waals surface area contributed by atoms with E-state index in [1.807, 2.05) is 6.07 Å². The maximum Gasteiger partial charge on any atom is 0.241 e. The predicted molar refractivity (Wildman–Crippen MR) is 103 cm³/mol. The predicted octanol–water partition coefficient (Wildman–Crippen LogP) is 2.18. The van der Waals surface area contributed by atoms with Gasteiger partial charge in [0.15, 0.2) is 0 Å². The number of aromatic nitrogens is 1. The quantitative estimate of drug-likeness (QED) is 0.654. The minimum absolute atomic E-state index is 0.0721. The second kappa shape index (κ2) is 7.35. The smallest absolute Gasteiger partial charge is 0.241 e. The average molecular weight is 406 g/mol. The Morgan fingerprint density at radius 1 is 0.963 bits per heavy atom. The Balaban J connectivity index is 1.96. The molecule has 0 aliphatic rings. The van der Waals surface area contributed by atoms with Gasteiger partial charge in [0.2, 0.25) is 20.0 Å². The number of sulfonamides is 2. The van der Waals surface area contributed by atoms with Crippen molar-refractivity contribution < 1.29 is 16.8 Å². The highest BCUT2D eigenvalue weighted by molar-refractivity contribution is 7.90. The molecule has 3 rings (SSSR count). The molecule has 1 heterocycles. The van der Waals surface area contributed by atoms with Gasteiger partial charge < -0.3 is 0 Å². The molecule has 0 saturated carbocycles. The monoisotopic (exact) mass is 405 g/mol. The van der Waals surface area contributed by atoms with Crippen LogP contribution in [-0.2, 0) is 20.0 Å². The van der Waals surface area contributed by atoms with Crippen LogP contribution < -0.4 is 9.44 Å². The van der Waals surface area contributed by atoms with Crippen molar-refractivity contribution in [2.75, 3.05) is 7.05 Å². The summed E-state index contributed by atoms with van der Waals surface area (Å²) >= 11 is 0. The van der Waals surface area contributed by atoms with E-state index >= 15 is 0 Å². The second-order valence-corrected chi connectivity index (χ2v) is 9.54. The number of hydrogen-bond donors (Lipinski definition) is 2. The molecule has 0 bridgehead atoms. The maximum absolute atomic E-state index is 12.9. The van der Waals surface area contributed by atoms with Gasteiger partial charge in [-0.2, -0.15) is 0 Å². The highest BCUT2D eigenvalue weighted by Crippen LogP contribution is 2.24. The minimum atomic E-state index is -3.84. The van der Waals surface area contributed by atoms with Crippen LogP contribution in [0.3, 0.4) is 0 Å². The first kappa shape index (κ1) is 19.4. The molecule has 1 atom stereocenters. The summed E-state index contributed by atoms with van der Waals surface area (Å²) in [4.78, 5) is 4.20. The van der Waals surface area contributed by atoms with Crippen molar-refractivity contribution in [2.45, 2.75) is 22.8 Å². The molecule has 2 N–H and O–H groups in total. The number of rotatable bonds is 6. The second-order valence-electron chi connectivity index (χ2n) is 5.98. The van der Waals surface area contributed by atoms with E-state index in [2.05, 4.69) is 14.4 Å². The van der Waals surface area contributed by atoms with E-state index in [-0.39, 0.29) is 9.79 Å². The van der Waals surface area contributed by atoms with Gasteiger partial charge >= 0.3 is 0 Å². The fourth-order valence-electron chi connectivity index (χ4n) is 2.75. The van der Waals surface area contributed by atoms with E-state index in [0.29, 0.717) is 10.9 Å². The zero-order valence-corrected chi connectivity index (χ0v) is 16.4. The fourth-order valence-corrected chi connectivity index (χ4v) is 4.98. The summed E-state index contributed by atoms with van der Waals surface area (Å²) in [5.74, 6) is 0. The van der Waals surface area contributed by atoms with E-state index in [0.717, 1.165) is 5.39 Å². The summed E-state index contributed by atoms with van der Waals surface area (Å²) < 4.78 is 54.6. The van der Waals surface area contributed by atoms with Crippen LogP contribution in [0.15, 0.2) is 70.7 Å². The Hall–Kier alpha value is -2.33. The summed E-state index contributed by atoms with van der Waals surface area (Å²) in [6.07, 6.45) is 3.11. The molecule has 0 fully saturated rings. The third-order valence-corrected chi connectivity index (χ3v) is 7.21. The molecule has 0 spiro atoms.